The van der Waals surface area contributed by atoms with Crippen molar-refractivity contribution in [2.75, 3.05) is 26.1 Å². The average molecular weight is 232 g/mol. The topological polar surface area (TPSA) is 53.3 Å². The maximum absolute atomic E-state index is 11.4. The van der Waals surface area contributed by atoms with E-state index in [-0.39, 0.29) is 11.9 Å². The highest BCUT2D eigenvalue weighted by atomic mass is 16.5. The quantitative estimate of drug-likeness (QED) is 0.749. The molecular formula is C13H16N2O2. The van der Waals surface area contributed by atoms with E-state index in [1.54, 1.807) is 12.1 Å². The summed E-state index contributed by atoms with van der Waals surface area (Å²) in [7, 11) is 5.15. The molecule has 0 fully saturated rings. The molecule has 90 valence electrons. The molecule has 0 radical (unpaired) electrons. The van der Waals surface area contributed by atoms with Gasteiger partial charge in [0.15, 0.2) is 0 Å². The van der Waals surface area contributed by atoms with Gasteiger partial charge in [-0.25, -0.2) is 4.79 Å². The van der Waals surface area contributed by atoms with Gasteiger partial charge in [-0.15, -0.1) is 0 Å². The van der Waals surface area contributed by atoms with Crippen LogP contribution in [0, 0.1) is 11.3 Å². The molecule has 0 saturated heterocycles. The highest BCUT2D eigenvalue weighted by Gasteiger charge is 2.15. The van der Waals surface area contributed by atoms with Crippen molar-refractivity contribution in [1.82, 2.24) is 0 Å². The lowest BCUT2D eigenvalue weighted by Gasteiger charge is -2.19. The zero-order valence-corrected chi connectivity index (χ0v) is 10.5. The zero-order chi connectivity index (χ0) is 13.0. The van der Waals surface area contributed by atoms with Gasteiger partial charge >= 0.3 is 5.97 Å². The number of benzene rings is 1. The van der Waals surface area contributed by atoms with Gasteiger partial charge in [0.05, 0.1) is 24.7 Å². The maximum Gasteiger partial charge on any atom is 0.337 e. The minimum absolute atomic E-state index is 0.267. The van der Waals surface area contributed by atoms with Gasteiger partial charge in [-0.05, 0) is 30.7 Å². The fourth-order valence-electron chi connectivity index (χ4n) is 1.62. The Bertz CT molecular complexity index is 461. The van der Waals surface area contributed by atoms with E-state index in [9.17, 15) is 4.79 Å². The SMILES string of the molecule is COC(=O)c1ccc(N(C)C)c(C(C)C#N)c1. The molecule has 0 bridgehead atoms. The molecule has 0 aliphatic heterocycles. The number of methoxy groups -OCH3 is 1. The van der Waals surface area contributed by atoms with Crippen molar-refractivity contribution in [3.63, 3.8) is 0 Å². The first-order valence-electron chi connectivity index (χ1n) is 5.30. The Balaban J connectivity index is 3.30. The third-order valence-electron chi connectivity index (χ3n) is 2.59. The summed E-state index contributed by atoms with van der Waals surface area (Å²) in [5, 5.41) is 9.00. The van der Waals surface area contributed by atoms with Crippen LogP contribution in [0.2, 0.25) is 0 Å². The number of carbonyl (C=O) groups is 1. The molecule has 17 heavy (non-hydrogen) atoms. The Morgan fingerprint density at radius 3 is 2.59 bits per heavy atom. The molecule has 0 N–H and O–H groups in total. The van der Waals surface area contributed by atoms with Crippen LogP contribution in [-0.2, 0) is 4.74 Å². The second-order valence-corrected chi connectivity index (χ2v) is 4.01. The van der Waals surface area contributed by atoms with Crippen LogP contribution in [0.1, 0.15) is 28.8 Å². The van der Waals surface area contributed by atoms with Crippen molar-refractivity contribution >= 4 is 11.7 Å². The molecule has 0 amide bonds. The summed E-state index contributed by atoms with van der Waals surface area (Å²) in [4.78, 5) is 13.4. The predicted octanol–water partition coefficient (Wildman–Crippen LogP) is 2.17. The second-order valence-electron chi connectivity index (χ2n) is 4.01. The number of nitrogens with zero attached hydrogens (tertiary/aromatic N) is 2. The third-order valence-corrected chi connectivity index (χ3v) is 2.59. The van der Waals surface area contributed by atoms with Gasteiger partial charge in [0, 0.05) is 19.8 Å². The smallest absolute Gasteiger partial charge is 0.337 e. The lowest BCUT2D eigenvalue weighted by Crippen LogP contribution is -2.13. The number of anilines is 1. The van der Waals surface area contributed by atoms with E-state index in [4.69, 9.17) is 5.26 Å². The number of esters is 1. The van der Waals surface area contributed by atoms with E-state index in [0.717, 1.165) is 11.3 Å². The van der Waals surface area contributed by atoms with Crippen LogP contribution in [0.15, 0.2) is 18.2 Å². The molecule has 1 rings (SSSR count). The van der Waals surface area contributed by atoms with Crippen molar-refractivity contribution in [2.24, 2.45) is 0 Å². The molecule has 4 nitrogen and oxygen atoms in total. The van der Waals surface area contributed by atoms with Gasteiger partial charge in [0.25, 0.3) is 0 Å². The van der Waals surface area contributed by atoms with Crippen LogP contribution in [-0.4, -0.2) is 27.2 Å². The first-order chi connectivity index (χ1) is 8.01. The summed E-state index contributed by atoms with van der Waals surface area (Å²) in [6.45, 7) is 1.81. The summed E-state index contributed by atoms with van der Waals surface area (Å²) >= 11 is 0. The zero-order valence-electron chi connectivity index (χ0n) is 10.5. The van der Waals surface area contributed by atoms with Gasteiger partial charge in [0.2, 0.25) is 0 Å². The van der Waals surface area contributed by atoms with Crippen LogP contribution in [0.3, 0.4) is 0 Å². The maximum atomic E-state index is 11.4. The Labute approximate surface area is 101 Å². The second kappa shape index (κ2) is 5.35. The molecule has 0 heterocycles. The normalized spacial score (nSPS) is 11.5. The fourth-order valence-corrected chi connectivity index (χ4v) is 1.62. The van der Waals surface area contributed by atoms with Crippen molar-refractivity contribution in [2.45, 2.75) is 12.8 Å². The van der Waals surface area contributed by atoms with Crippen molar-refractivity contribution in [1.29, 1.82) is 5.26 Å². The van der Waals surface area contributed by atoms with E-state index < -0.39 is 0 Å². The molecule has 0 aromatic heterocycles. The minimum atomic E-state index is -0.387. The molecule has 0 saturated carbocycles. The molecule has 4 heteroatoms. The first kappa shape index (κ1) is 13.0. The van der Waals surface area contributed by atoms with Crippen LogP contribution in [0.4, 0.5) is 5.69 Å². The van der Waals surface area contributed by atoms with E-state index in [1.165, 1.54) is 7.11 Å². The standard InChI is InChI=1S/C13H16N2O2/c1-9(8-14)11-7-10(13(16)17-4)5-6-12(11)15(2)3/h5-7,9H,1-4H3. The Morgan fingerprint density at radius 1 is 1.47 bits per heavy atom. The van der Waals surface area contributed by atoms with Crippen molar-refractivity contribution in [3.8, 4) is 6.07 Å². The van der Waals surface area contributed by atoms with Gasteiger partial charge < -0.3 is 9.64 Å². The number of nitriles is 1. The summed E-state index contributed by atoms with van der Waals surface area (Å²) in [5.74, 6) is -0.654. The Morgan fingerprint density at radius 2 is 2.12 bits per heavy atom. The van der Waals surface area contributed by atoms with Crippen LogP contribution < -0.4 is 4.90 Å². The number of rotatable bonds is 3. The molecular weight excluding hydrogens is 216 g/mol. The average Bonchev–Trinajstić information content (AvgIpc) is 2.35. The lowest BCUT2D eigenvalue weighted by molar-refractivity contribution is 0.0600. The minimum Gasteiger partial charge on any atom is -0.465 e. The van der Waals surface area contributed by atoms with Crippen LogP contribution in [0.5, 0.6) is 0 Å². The molecule has 1 unspecified atom stereocenters. The fraction of sp³-hybridized carbons (Fsp3) is 0.385. The van der Waals surface area contributed by atoms with E-state index in [1.807, 2.05) is 32.0 Å². The number of carbonyl (C=O) groups excluding carboxylic acids is 1. The molecule has 1 aromatic carbocycles. The molecule has 0 aliphatic rings. The number of hydrogen-bond donors (Lipinski definition) is 0. The monoisotopic (exact) mass is 232 g/mol. The largest absolute Gasteiger partial charge is 0.465 e. The third kappa shape index (κ3) is 2.76. The van der Waals surface area contributed by atoms with E-state index in [0.29, 0.717) is 5.56 Å². The summed E-state index contributed by atoms with van der Waals surface area (Å²) < 4.78 is 4.67. The van der Waals surface area contributed by atoms with Crippen molar-refractivity contribution in [3.05, 3.63) is 29.3 Å². The summed E-state index contributed by atoms with van der Waals surface area (Å²) in [6.07, 6.45) is 0. The van der Waals surface area contributed by atoms with Gasteiger partial charge in [0.1, 0.15) is 0 Å². The molecule has 1 aromatic rings. The lowest BCUT2D eigenvalue weighted by atomic mass is 9.97. The van der Waals surface area contributed by atoms with Gasteiger partial charge in [-0.1, -0.05) is 0 Å². The van der Waals surface area contributed by atoms with Crippen LogP contribution >= 0.6 is 0 Å². The first-order valence-corrected chi connectivity index (χ1v) is 5.30. The van der Waals surface area contributed by atoms with Crippen molar-refractivity contribution < 1.29 is 9.53 Å². The van der Waals surface area contributed by atoms with Gasteiger partial charge in [-0.3, -0.25) is 0 Å². The van der Waals surface area contributed by atoms with Gasteiger partial charge in [-0.2, -0.15) is 5.26 Å². The predicted molar refractivity (Wildman–Crippen MR) is 66.1 cm³/mol. The number of ether oxygens (including phenoxy) is 1. The van der Waals surface area contributed by atoms with E-state index in [2.05, 4.69) is 10.8 Å². The Hall–Kier alpha value is -2.02. The highest BCUT2D eigenvalue weighted by molar-refractivity contribution is 5.90. The molecule has 0 aliphatic carbocycles. The number of hydrogen-bond acceptors (Lipinski definition) is 4. The molecule has 1 atom stereocenters. The van der Waals surface area contributed by atoms with Crippen LogP contribution in [0.25, 0.3) is 0 Å². The van der Waals surface area contributed by atoms with E-state index >= 15 is 0 Å². The summed E-state index contributed by atoms with van der Waals surface area (Å²) in [6, 6.07) is 7.43. The molecule has 0 spiro atoms. The Kier molecular flexibility index (Phi) is 4.11. The highest BCUT2D eigenvalue weighted by Crippen LogP contribution is 2.27. The summed E-state index contributed by atoms with van der Waals surface area (Å²) in [5.41, 5.74) is 2.24.